The predicted molar refractivity (Wildman–Crippen MR) is 87.3 cm³/mol. The van der Waals surface area contributed by atoms with Crippen LogP contribution in [0.3, 0.4) is 0 Å². The summed E-state index contributed by atoms with van der Waals surface area (Å²) in [5.74, 6) is -0.0523. The van der Waals surface area contributed by atoms with Crippen LogP contribution >= 0.6 is 12.4 Å². The molecule has 0 saturated carbocycles. The summed E-state index contributed by atoms with van der Waals surface area (Å²) in [6, 6.07) is 7.90. The molecule has 0 bridgehead atoms. The maximum absolute atomic E-state index is 11.9. The Bertz CT molecular complexity index is 432. The van der Waals surface area contributed by atoms with Crippen LogP contribution in [-0.2, 0) is 10.2 Å². The van der Waals surface area contributed by atoms with Gasteiger partial charge in [-0.15, -0.1) is 12.4 Å². The number of hydrogen-bond acceptors (Lipinski definition) is 2. The number of nitrogens with one attached hydrogen (secondary N) is 1. The molecular weight excluding hydrogens is 272 g/mol. The Labute approximate surface area is 128 Å². The van der Waals surface area contributed by atoms with Crippen molar-refractivity contribution in [1.29, 1.82) is 0 Å². The van der Waals surface area contributed by atoms with Crippen LogP contribution < -0.4 is 11.1 Å². The molecule has 3 N–H and O–H groups in total. The van der Waals surface area contributed by atoms with Crippen LogP contribution in [0.25, 0.3) is 0 Å². The van der Waals surface area contributed by atoms with Gasteiger partial charge in [0, 0.05) is 12.0 Å². The Morgan fingerprint density at radius 3 is 2.50 bits per heavy atom. The van der Waals surface area contributed by atoms with Crippen molar-refractivity contribution in [1.82, 2.24) is 5.32 Å². The SMILES string of the molecule is CCCC(N)C(=O)NCC(C)(C)c1ccccc1C.Cl. The van der Waals surface area contributed by atoms with Crippen LogP contribution in [0.15, 0.2) is 24.3 Å². The fourth-order valence-corrected chi connectivity index (χ4v) is 2.31. The molecular formula is C16H27ClN2O. The fourth-order valence-electron chi connectivity index (χ4n) is 2.31. The molecule has 0 spiro atoms. The first-order chi connectivity index (χ1) is 8.88. The summed E-state index contributed by atoms with van der Waals surface area (Å²) >= 11 is 0. The molecule has 0 saturated heterocycles. The summed E-state index contributed by atoms with van der Waals surface area (Å²) in [5, 5.41) is 2.97. The summed E-state index contributed by atoms with van der Waals surface area (Å²) < 4.78 is 0. The average Bonchev–Trinajstić information content (AvgIpc) is 2.36. The molecule has 0 fully saturated rings. The third kappa shape index (κ3) is 5.14. The van der Waals surface area contributed by atoms with Crippen molar-refractivity contribution in [2.45, 2.75) is 52.0 Å². The zero-order chi connectivity index (χ0) is 14.5. The lowest BCUT2D eigenvalue weighted by Crippen LogP contribution is -2.45. The molecule has 20 heavy (non-hydrogen) atoms. The molecule has 114 valence electrons. The van der Waals surface area contributed by atoms with Crippen LogP contribution in [0.5, 0.6) is 0 Å². The minimum absolute atomic E-state index is 0. The highest BCUT2D eigenvalue weighted by atomic mass is 35.5. The number of aryl methyl sites for hydroxylation is 1. The highest BCUT2D eigenvalue weighted by Crippen LogP contribution is 2.25. The lowest BCUT2D eigenvalue weighted by molar-refractivity contribution is -0.122. The largest absolute Gasteiger partial charge is 0.354 e. The van der Waals surface area contributed by atoms with E-state index in [2.05, 4.69) is 38.2 Å². The quantitative estimate of drug-likeness (QED) is 0.848. The number of amides is 1. The molecule has 1 aromatic rings. The number of benzene rings is 1. The Balaban J connectivity index is 0.00000361. The molecule has 1 rings (SSSR count). The van der Waals surface area contributed by atoms with Gasteiger partial charge in [0.05, 0.1) is 6.04 Å². The molecule has 0 aliphatic carbocycles. The second-order valence-corrected chi connectivity index (χ2v) is 5.81. The van der Waals surface area contributed by atoms with E-state index in [-0.39, 0.29) is 23.7 Å². The van der Waals surface area contributed by atoms with Crippen LogP contribution in [0.4, 0.5) is 0 Å². The van der Waals surface area contributed by atoms with E-state index in [4.69, 9.17) is 5.73 Å². The molecule has 1 amide bonds. The Morgan fingerprint density at radius 1 is 1.35 bits per heavy atom. The number of halogens is 1. The number of nitrogens with two attached hydrogens (primary N) is 1. The average molecular weight is 299 g/mol. The molecule has 1 atom stereocenters. The van der Waals surface area contributed by atoms with Crippen molar-refractivity contribution in [2.24, 2.45) is 5.73 Å². The van der Waals surface area contributed by atoms with Crippen LogP contribution in [0, 0.1) is 6.92 Å². The second kappa shape index (κ2) is 8.28. The summed E-state index contributed by atoms with van der Waals surface area (Å²) in [6.45, 7) is 9.02. The molecule has 0 aromatic heterocycles. The third-order valence-corrected chi connectivity index (χ3v) is 3.52. The Hall–Kier alpha value is -1.06. The first-order valence-electron chi connectivity index (χ1n) is 6.98. The zero-order valence-electron chi connectivity index (χ0n) is 12.9. The summed E-state index contributed by atoms with van der Waals surface area (Å²) in [7, 11) is 0. The number of carbonyl (C=O) groups is 1. The lowest BCUT2D eigenvalue weighted by Gasteiger charge is -2.28. The van der Waals surface area contributed by atoms with E-state index in [0.29, 0.717) is 6.54 Å². The predicted octanol–water partition coefficient (Wildman–Crippen LogP) is 2.94. The maximum atomic E-state index is 11.9. The smallest absolute Gasteiger partial charge is 0.236 e. The summed E-state index contributed by atoms with van der Waals surface area (Å²) in [6.07, 6.45) is 1.66. The van der Waals surface area contributed by atoms with Gasteiger partial charge in [-0.2, -0.15) is 0 Å². The number of rotatable bonds is 6. The zero-order valence-corrected chi connectivity index (χ0v) is 13.7. The second-order valence-electron chi connectivity index (χ2n) is 5.81. The lowest BCUT2D eigenvalue weighted by atomic mass is 9.82. The van der Waals surface area contributed by atoms with Gasteiger partial charge in [-0.05, 0) is 24.5 Å². The first-order valence-corrected chi connectivity index (χ1v) is 6.98. The van der Waals surface area contributed by atoms with Gasteiger partial charge in [0.15, 0.2) is 0 Å². The minimum atomic E-state index is -0.391. The standard InChI is InChI=1S/C16H26N2O.ClH/c1-5-8-14(17)15(19)18-11-16(3,4)13-10-7-6-9-12(13)2;/h6-7,9-10,14H,5,8,11,17H2,1-4H3,(H,18,19);1H. The Kier molecular flexibility index (Phi) is 7.84. The van der Waals surface area contributed by atoms with E-state index in [0.717, 1.165) is 12.8 Å². The van der Waals surface area contributed by atoms with E-state index in [1.807, 2.05) is 19.1 Å². The van der Waals surface area contributed by atoms with Gasteiger partial charge in [0.2, 0.25) is 5.91 Å². The van der Waals surface area contributed by atoms with Gasteiger partial charge >= 0.3 is 0 Å². The van der Waals surface area contributed by atoms with E-state index in [1.165, 1.54) is 11.1 Å². The van der Waals surface area contributed by atoms with Gasteiger partial charge in [0.1, 0.15) is 0 Å². The molecule has 0 radical (unpaired) electrons. The summed E-state index contributed by atoms with van der Waals surface area (Å²) in [4.78, 5) is 11.9. The van der Waals surface area contributed by atoms with Crippen molar-refractivity contribution in [3.05, 3.63) is 35.4 Å². The molecule has 0 aliphatic rings. The van der Waals surface area contributed by atoms with E-state index < -0.39 is 6.04 Å². The van der Waals surface area contributed by atoms with Crippen molar-refractivity contribution in [3.63, 3.8) is 0 Å². The van der Waals surface area contributed by atoms with Crippen molar-refractivity contribution in [3.8, 4) is 0 Å². The molecule has 4 heteroatoms. The molecule has 1 aromatic carbocycles. The molecule has 3 nitrogen and oxygen atoms in total. The molecule has 0 heterocycles. The van der Waals surface area contributed by atoms with Crippen LogP contribution in [0.1, 0.15) is 44.7 Å². The molecule has 1 unspecified atom stereocenters. The van der Waals surface area contributed by atoms with Crippen molar-refractivity contribution in [2.75, 3.05) is 6.54 Å². The number of hydrogen-bond donors (Lipinski definition) is 2. The van der Waals surface area contributed by atoms with Gasteiger partial charge in [0.25, 0.3) is 0 Å². The van der Waals surface area contributed by atoms with Crippen LogP contribution in [0.2, 0.25) is 0 Å². The molecule has 0 aliphatic heterocycles. The number of carbonyl (C=O) groups excluding carboxylic acids is 1. The normalized spacial score (nSPS) is 12.4. The maximum Gasteiger partial charge on any atom is 0.236 e. The highest BCUT2D eigenvalue weighted by molar-refractivity contribution is 5.85. The van der Waals surface area contributed by atoms with Gasteiger partial charge in [-0.1, -0.05) is 51.5 Å². The van der Waals surface area contributed by atoms with E-state index in [9.17, 15) is 4.79 Å². The van der Waals surface area contributed by atoms with Crippen LogP contribution in [-0.4, -0.2) is 18.5 Å². The summed E-state index contributed by atoms with van der Waals surface area (Å²) in [5.41, 5.74) is 8.24. The first kappa shape index (κ1) is 18.9. The van der Waals surface area contributed by atoms with Gasteiger partial charge in [-0.25, -0.2) is 0 Å². The topological polar surface area (TPSA) is 55.1 Å². The van der Waals surface area contributed by atoms with Crippen molar-refractivity contribution < 1.29 is 4.79 Å². The van der Waals surface area contributed by atoms with Crippen molar-refractivity contribution >= 4 is 18.3 Å². The van der Waals surface area contributed by atoms with E-state index in [1.54, 1.807) is 0 Å². The third-order valence-electron chi connectivity index (χ3n) is 3.52. The highest BCUT2D eigenvalue weighted by Gasteiger charge is 2.24. The van der Waals surface area contributed by atoms with Gasteiger partial charge in [-0.3, -0.25) is 4.79 Å². The minimum Gasteiger partial charge on any atom is -0.354 e. The van der Waals surface area contributed by atoms with E-state index >= 15 is 0 Å². The monoisotopic (exact) mass is 298 g/mol. The van der Waals surface area contributed by atoms with Gasteiger partial charge < -0.3 is 11.1 Å². The fraction of sp³-hybridized carbons (Fsp3) is 0.562. The Morgan fingerprint density at radius 2 is 1.95 bits per heavy atom.